The highest BCUT2D eigenvalue weighted by Gasteiger charge is 2.25. The van der Waals surface area contributed by atoms with E-state index < -0.39 is 0 Å². The zero-order chi connectivity index (χ0) is 16.4. The summed E-state index contributed by atoms with van der Waals surface area (Å²) in [5.74, 6) is 0.787. The number of para-hydroxylation sites is 1. The fraction of sp³-hybridized carbons (Fsp3) is 0.267. The molecule has 1 saturated heterocycles. The van der Waals surface area contributed by atoms with Gasteiger partial charge in [0.15, 0.2) is 11.5 Å². The Hall–Kier alpha value is -2.81. The maximum absolute atomic E-state index is 12.6. The van der Waals surface area contributed by atoms with Crippen LogP contribution in [0, 0.1) is 0 Å². The molecule has 0 aliphatic carbocycles. The predicted molar refractivity (Wildman–Crippen MR) is 89.4 cm³/mol. The number of carbonyl (C=O) groups excluding carboxylic acids is 1. The Kier molecular flexibility index (Phi) is 3.91. The maximum Gasteiger partial charge on any atom is 0.276 e. The van der Waals surface area contributed by atoms with Crippen molar-refractivity contribution in [3.63, 3.8) is 0 Å². The molecule has 3 aromatic rings. The van der Waals surface area contributed by atoms with Crippen molar-refractivity contribution in [1.82, 2.24) is 28.6 Å². The Labute approximate surface area is 142 Å². The van der Waals surface area contributed by atoms with Gasteiger partial charge in [-0.25, -0.2) is 0 Å². The summed E-state index contributed by atoms with van der Waals surface area (Å²) in [5, 5.41) is 8.49. The van der Waals surface area contributed by atoms with Gasteiger partial charge in [0.25, 0.3) is 5.91 Å². The van der Waals surface area contributed by atoms with Gasteiger partial charge in [-0.3, -0.25) is 4.79 Å². The molecular weight excluding hydrogens is 326 g/mol. The first-order valence-corrected chi connectivity index (χ1v) is 8.34. The normalized spacial score (nSPS) is 14.8. The number of anilines is 1. The van der Waals surface area contributed by atoms with Gasteiger partial charge in [0, 0.05) is 26.2 Å². The van der Waals surface area contributed by atoms with Gasteiger partial charge in [0.1, 0.15) is 0 Å². The molecule has 9 heteroatoms. The molecule has 8 nitrogen and oxygen atoms in total. The molecule has 0 spiro atoms. The SMILES string of the molecule is O=C(c1cnn(-c2ccccc2)n1)N1CCN(c2cnsn2)CC1. The molecule has 0 unspecified atom stereocenters. The zero-order valence-electron chi connectivity index (χ0n) is 12.8. The minimum absolute atomic E-state index is 0.0896. The molecule has 3 heterocycles. The van der Waals surface area contributed by atoms with Gasteiger partial charge in [0.2, 0.25) is 0 Å². The number of benzene rings is 1. The summed E-state index contributed by atoms with van der Waals surface area (Å²) >= 11 is 1.19. The van der Waals surface area contributed by atoms with E-state index in [1.807, 2.05) is 30.3 Å². The Morgan fingerprint density at radius 1 is 1.04 bits per heavy atom. The van der Waals surface area contributed by atoms with E-state index in [1.54, 1.807) is 11.1 Å². The van der Waals surface area contributed by atoms with Gasteiger partial charge in [0.05, 0.1) is 29.8 Å². The van der Waals surface area contributed by atoms with Crippen molar-refractivity contribution in [3.05, 3.63) is 48.4 Å². The first-order chi connectivity index (χ1) is 11.8. The van der Waals surface area contributed by atoms with Gasteiger partial charge in [-0.1, -0.05) is 18.2 Å². The second kappa shape index (κ2) is 6.36. The first-order valence-electron chi connectivity index (χ1n) is 7.61. The summed E-state index contributed by atoms with van der Waals surface area (Å²) in [5.41, 5.74) is 1.19. The molecule has 1 aromatic carbocycles. The van der Waals surface area contributed by atoms with Crippen LogP contribution in [0.15, 0.2) is 42.7 Å². The second-order valence-corrected chi connectivity index (χ2v) is 5.96. The third kappa shape index (κ3) is 2.85. The average molecular weight is 341 g/mol. The Morgan fingerprint density at radius 2 is 1.83 bits per heavy atom. The van der Waals surface area contributed by atoms with Crippen LogP contribution in [0.3, 0.4) is 0 Å². The lowest BCUT2D eigenvalue weighted by Gasteiger charge is -2.34. The number of rotatable bonds is 3. The third-order valence-electron chi connectivity index (χ3n) is 3.94. The van der Waals surface area contributed by atoms with E-state index in [4.69, 9.17) is 0 Å². The lowest BCUT2D eigenvalue weighted by molar-refractivity contribution is 0.0740. The summed E-state index contributed by atoms with van der Waals surface area (Å²) in [6, 6.07) is 9.54. The van der Waals surface area contributed by atoms with Gasteiger partial charge < -0.3 is 9.80 Å². The van der Waals surface area contributed by atoms with Gasteiger partial charge >= 0.3 is 0 Å². The number of aromatic nitrogens is 5. The van der Waals surface area contributed by atoms with E-state index in [0.29, 0.717) is 18.8 Å². The average Bonchev–Trinajstić information content (AvgIpc) is 3.34. The van der Waals surface area contributed by atoms with Crippen molar-refractivity contribution < 1.29 is 4.79 Å². The van der Waals surface area contributed by atoms with Crippen molar-refractivity contribution >= 4 is 23.5 Å². The van der Waals surface area contributed by atoms with Crippen molar-refractivity contribution in [1.29, 1.82) is 0 Å². The number of hydrogen-bond donors (Lipinski definition) is 0. The molecule has 0 N–H and O–H groups in total. The summed E-state index contributed by atoms with van der Waals surface area (Å²) in [7, 11) is 0. The Balaban J connectivity index is 1.43. The van der Waals surface area contributed by atoms with Crippen molar-refractivity contribution in [2.24, 2.45) is 0 Å². The number of piperazine rings is 1. The van der Waals surface area contributed by atoms with E-state index in [2.05, 4.69) is 23.8 Å². The quantitative estimate of drug-likeness (QED) is 0.709. The van der Waals surface area contributed by atoms with Crippen LogP contribution in [0.4, 0.5) is 5.82 Å². The number of carbonyl (C=O) groups is 1. The van der Waals surface area contributed by atoms with Crippen LogP contribution in [0.1, 0.15) is 10.5 Å². The molecule has 4 rings (SSSR count). The summed E-state index contributed by atoms with van der Waals surface area (Å²) in [6.07, 6.45) is 3.28. The molecule has 24 heavy (non-hydrogen) atoms. The predicted octanol–water partition coefficient (Wildman–Crippen LogP) is 1.08. The van der Waals surface area contributed by atoms with Crippen LogP contribution in [0.2, 0.25) is 0 Å². The standard InChI is InChI=1S/C15H15N7OS/c23-15(13-10-16-22(18-13)12-4-2-1-3-5-12)21-8-6-20(7-9-21)14-11-17-24-19-14/h1-5,10-11H,6-9H2. The van der Waals surface area contributed by atoms with E-state index in [-0.39, 0.29) is 5.91 Å². The van der Waals surface area contributed by atoms with Crippen LogP contribution in [0.25, 0.3) is 5.69 Å². The van der Waals surface area contributed by atoms with Crippen molar-refractivity contribution in [3.8, 4) is 5.69 Å². The van der Waals surface area contributed by atoms with E-state index in [1.165, 1.54) is 22.7 Å². The molecular formula is C15H15N7OS. The molecule has 2 aromatic heterocycles. The highest BCUT2D eigenvalue weighted by Crippen LogP contribution is 2.15. The van der Waals surface area contributed by atoms with E-state index >= 15 is 0 Å². The summed E-state index contributed by atoms with van der Waals surface area (Å²) in [6.45, 7) is 2.75. The second-order valence-electron chi connectivity index (χ2n) is 5.40. The van der Waals surface area contributed by atoms with Gasteiger partial charge in [-0.2, -0.15) is 18.6 Å². The van der Waals surface area contributed by atoms with Crippen LogP contribution in [-0.2, 0) is 0 Å². The molecule has 1 amide bonds. The summed E-state index contributed by atoms with van der Waals surface area (Å²) < 4.78 is 8.25. The monoisotopic (exact) mass is 341 g/mol. The van der Waals surface area contributed by atoms with Gasteiger partial charge in [-0.05, 0) is 12.1 Å². The lowest BCUT2D eigenvalue weighted by atomic mass is 10.3. The number of hydrogen-bond acceptors (Lipinski definition) is 7. The minimum Gasteiger partial charge on any atom is -0.351 e. The van der Waals surface area contributed by atoms with Crippen LogP contribution in [0.5, 0.6) is 0 Å². The fourth-order valence-electron chi connectivity index (χ4n) is 2.65. The fourth-order valence-corrected chi connectivity index (χ4v) is 3.08. The molecule has 0 saturated carbocycles. The van der Waals surface area contributed by atoms with Crippen LogP contribution in [-0.4, -0.2) is 60.7 Å². The highest BCUT2D eigenvalue weighted by atomic mass is 32.1. The molecule has 1 fully saturated rings. The topological polar surface area (TPSA) is 80.0 Å². The molecule has 0 radical (unpaired) electrons. The zero-order valence-corrected chi connectivity index (χ0v) is 13.6. The molecule has 0 bridgehead atoms. The third-order valence-corrected chi connectivity index (χ3v) is 4.41. The summed E-state index contributed by atoms with van der Waals surface area (Å²) in [4.78, 5) is 18.0. The Morgan fingerprint density at radius 3 is 2.54 bits per heavy atom. The largest absolute Gasteiger partial charge is 0.351 e. The molecule has 0 atom stereocenters. The highest BCUT2D eigenvalue weighted by molar-refractivity contribution is 6.99. The van der Waals surface area contributed by atoms with Crippen LogP contribution >= 0.6 is 11.7 Å². The maximum atomic E-state index is 12.6. The van der Waals surface area contributed by atoms with Crippen molar-refractivity contribution in [2.75, 3.05) is 31.1 Å². The first kappa shape index (κ1) is 14.8. The number of nitrogens with zero attached hydrogens (tertiary/aromatic N) is 7. The smallest absolute Gasteiger partial charge is 0.276 e. The minimum atomic E-state index is -0.0896. The lowest BCUT2D eigenvalue weighted by Crippen LogP contribution is -2.49. The Bertz CT molecular complexity index is 809. The van der Waals surface area contributed by atoms with E-state index in [0.717, 1.165) is 24.6 Å². The molecule has 1 aliphatic heterocycles. The van der Waals surface area contributed by atoms with Crippen molar-refractivity contribution in [2.45, 2.75) is 0 Å². The van der Waals surface area contributed by atoms with Gasteiger partial charge in [-0.15, -0.1) is 5.10 Å². The van der Waals surface area contributed by atoms with Crippen LogP contribution < -0.4 is 4.90 Å². The van der Waals surface area contributed by atoms with E-state index in [9.17, 15) is 4.79 Å². The molecule has 1 aliphatic rings. The number of amides is 1. The molecule has 122 valence electrons.